The Morgan fingerprint density at radius 1 is 1.29 bits per heavy atom. The average molecular weight is 232 g/mol. The third-order valence-electron chi connectivity index (χ3n) is 1.42. The molecule has 0 heterocycles. The van der Waals surface area contributed by atoms with Crippen LogP contribution in [0.5, 0.6) is 0 Å². The van der Waals surface area contributed by atoms with E-state index >= 15 is 0 Å². The number of nitrogens with two attached hydrogens (primary N) is 1. The van der Waals surface area contributed by atoms with Gasteiger partial charge < -0.3 is 0 Å². The topological polar surface area (TPSA) is 72.2 Å². The summed E-state index contributed by atoms with van der Waals surface area (Å²) in [5.74, 6) is 0.667. The highest BCUT2D eigenvalue weighted by atomic mass is 32.2. The highest BCUT2D eigenvalue weighted by Gasteiger charge is 1.99. The van der Waals surface area contributed by atoms with E-state index in [9.17, 15) is 8.42 Å². The molecule has 14 heavy (non-hydrogen) atoms. The fraction of sp³-hybridized carbons (Fsp3) is 0.250. The lowest BCUT2D eigenvalue weighted by atomic mass is 10.4. The summed E-state index contributed by atoms with van der Waals surface area (Å²) in [4.78, 5) is 1.11. The lowest BCUT2D eigenvalue weighted by molar-refractivity contribution is 0.586. The van der Waals surface area contributed by atoms with Gasteiger partial charge in [-0.15, -0.1) is 11.8 Å². The number of hydrogen-bond acceptors (Lipinski definition) is 3. The monoisotopic (exact) mass is 232 g/mol. The molecule has 0 radical (unpaired) electrons. The fourth-order valence-corrected chi connectivity index (χ4v) is 2.17. The van der Waals surface area contributed by atoms with Crippen molar-refractivity contribution in [3.8, 4) is 0 Å². The third kappa shape index (κ3) is 5.23. The maximum absolute atomic E-state index is 10.5. The molecule has 1 aromatic rings. The number of rotatable bonds is 5. The largest absolute Gasteiger partial charge is 0.274 e. The predicted octanol–water partition coefficient (Wildman–Crippen LogP) is 0.572. The number of benzene rings is 1. The first-order valence-corrected chi connectivity index (χ1v) is 6.56. The zero-order chi connectivity index (χ0) is 10.4. The lowest BCUT2D eigenvalue weighted by Gasteiger charge is -2.01. The van der Waals surface area contributed by atoms with E-state index in [4.69, 9.17) is 5.14 Å². The Morgan fingerprint density at radius 2 is 1.93 bits per heavy atom. The van der Waals surface area contributed by atoms with Crippen LogP contribution in [0.1, 0.15) is 0 Å². The minimum absolute atomic E-state index is 0.346. The molecule has 0 amide bonds. The normalized spacial score (nSPS) is 11.5. The number of thioether (sulfide) groups is 1. The van der Waals surface area contributed by atoms with Gasteiger partial charge in [-0.2, -0.15) is 8.42 Å². The Kier molecular flexibility index (Phi) is 4.40. The molecule has 0 fully saturated rings. The second-order valence-electron chi connectivity index (χ2n) is 2.60. The molecule has 0 aromatic heterocycles. The van der Waals surface area contributed by atoms with Gasteiger partial charge in [-0.3, -0.25) is 0 Å². The molecule has 1 rings (SSSR count). The van der Waals surface area contributed by atoms with Crippen LogP contribution in [-0.4, -0.2) is 20.7 Å². The van der Waals surface area contributed by atoms with Gasteiger partial charge >= 0.3 is 0 Å². The summed E-state index contributed by atoms with van der Waals surface area (Å²) in [6, 6.07) is 9.76. The summed E-state index contributed by atoms with van der Waals surface area (Å²) < 4.78 is 23.2. The molecular weight excluding hydrogens is 220 g/mol. The van der Waals surface area contributed by atoms with E-state index < -0.39 is 10.2 Å². The minimum Gasteiger partial charge on any atom is -0.216 e. The second kappa shape index (κ2) is 5.35. The molecule has 0 spiro atoms. The van der Waals surface area contributed by atoms with Crippen LogP contribution in [0, 0.1) is 0 Å². The first-order valence-electron chi connectivity index (χ1n) is 4.03. The van der Waals surface area contributed by atoms with Gasteiger partial charge in [0.25, 0.3) is 10.2 Å². The van der Waals surface area contributed by atoms with Crippen molar-refractivity contribution in [3.63, 3.8) is 0 Å². The molecule has 0 saturated heterocycles. The molecule has 4 nitrogen and oxygen atoms in total. The Bertz CT molecular complexity index is 364. The molecule has 6 heteroatoms. The summed E-state index contributed by atoms with van der Waals surface area (Å²) in [5.41, 5.74) is 0. The number of nitrogens with one attached hydrogen (secondary N) is 1. The maximum atomic E-state index is 10.5. The second-order valence-corrected chi connectivity index (χ2v) is 5.15. The average Bonchev–Trinajstić information content (AvgIpc) is 2.13. The van der Waals surface area contributed by atoms with Crippen molar-refractivity contribution in [1.29, 1.82) is 0 Å². The van der Waals surface area contributed by atoms with Crippen LogP contribution in [0.4, 0.5) is 0 Å². The maximum Gasteiger partial charge on any atom is 0.274 e. The van der Waals surface area contributed by atoms with Gasteiger partial charge in [-0.25, -0.2) is 9.86 Å². The molecule has 0 unspecified atom stereocenters. The van der Waals surface area contributed by atoms with Crippen molar-refractivity contribution in [2.45, 2.75) is 4.90 Å². The van der Waals surface area contributed by atoms with Crippen molar-refractivity contribution in [3.05, 3.63) is 30.3 Å². The van der Waals surface area contributed by atoms with Crippen molar-refractivity contribution >= 4 is 22.0 Å². The molecule has 1 aromatic carbocycles. The molecule has 0 bridgehead atoms. The van der Waals surface area contributed by atoms with Crippen molar-refractivity contribution in [2.24, 2.45) is 5.14 Å². The van der Waals surface area contributed by atoms with Crippen LogP contribution in [-0.2, 0) is 10.2 Å². The van der Waals surface area contributed by atoms with E-state index in [-0.39, 0.29) is 0 Å². The summed E-state index contributed by atoms with van der Waals surface area (Å²) in [7, 11) is -3.54. The van der Waals surface area contributed by atoms with E-state index in [1.165, 1.54) is 0 Å². The zero-order valence-corrected chi connectivity index (χ0v) is 9.14. The molecule has 0 aliphatic rings. The van der Waals surface area contributed by atoms with Crippen LogP contribution in [0.15, 0.2) is 35.2 Å². The third-order valence-corrected chi connectivity index (χ3v) is 3.04. The van der Waals surface area contributed by atoms with Crippen LogP contribution in [0.2, 0.25) is 0 Å². The first-order chi connectivity index (χ1) is 6.58. The van der Waals surface area contributed by atoms with Crippen LogP contribution in [0.3, 0.4) is 0 Å². The highest BCUT2D eigenvalue weighted by molar-refractivity contribution is 7.99. The quantitative estimate of drug-likeness (QED) is 0.576. The van der Waals surface area contributed by atoms with Crippen LogP contribution >= 0.6 is 11.8 Å². The van der Waals surface area contributed by atoms with E-state index in [1.54, 1.807) is 11.8 Å². The zero-order valence-electron chi connectivity index (χ0n) is 7.51. The summed E-state index contributed by atoms with van der Waals surface area (Å²) in [5, 5.41) is 4.77. The molecule has 0 aliphatic carbocycles. The van der Waals surface area contributed by atoms with E-state index in [0.717, 1.165) is 4.90 Å². The Hall–Kier alpha value is -0.560. The van der Waals surface area contributed by atoms with E-state index in [1.807, 2.05) is 30.3 Å². The van der Waals surface area contributed by atoms with Crippen LogP contribution in [0.25, 0.3) is 0 Å². The molecule has 78 valence electrons. The van der Waals surface area contributed by atoms with E-state index in [0.29, 0.717) is 12.3 Å². The fourth-order valence-electron chi connectivity index (χ4n) is 0.870. The Morgan fingerprint density at radius 3 is 2.50 bits per heavy atom. The Balaban J connectivity index is 2.23. The lowest BCUT2D eigenvalue weighted by Crippen LogP contribution is -2.32. The van der Waals surface area contributed by atoms with Crippen molar-refractivity contribution < 1.29 is 8.42 Å². The molecule has 0 atom stereocenters. The Labute approximate surface area is 88.1 Å². The van der Waals surface area contributed by atoms with Gasteiger partial charge in [0.15, 0.2) is 0 Å². The van der Waals surface area contributed by atoms with Crippen LogP contribution < -0.4 is 9.86 Å². The predicted molar refractivity (Wildman–Crippen MR) is 58.3 cm³/mol. The van der Waals surface area contributed by atoms with Crippen molar-refractivity contribution in [2.75, 3.05) is 12.3 Å². The number of hydrogen-bond donors (Lipinski definition) is 2. The standard InChI is InChI=1S/C8H12N2O2S2/c9-14(11,12)10-6-7-13-8-4-2-1-3-5-8/h1-5,10H,6-7H2,(H2,9,11,12). The van der Waals surface area contributed by atoms with Crippen molar-refractivity contribution in [1.82, 2.24) is 4.72 Å². The molecular formula is C8H12N2O2S2. The smallest absolute Gasteiger partial charge is 0.216 e. The summed E-state index contributed by atoms with van der Waals surface area (Å²) >= 11 is 1.58. The van der Waals surface area contributed by atoms with Gasteiger partial charge in [0.2, 0.25) is 0 Å². The molecule has 0 aliphatic heterocycles. The summed E-state index contributed by atoms with van der Waals surface area (Å²) in [6.07, 6.45) is 0. The minimum atomic E-state index is -3.54. The molecule has 3 N–H and O–H groups in total. The van der Waals surface area contributed by atoms with Gasteiger partial charge in [-0.05, 0) is 12.1 Å². The summed E-state index contributed by atoms with van der Waals surface area (Å²) in [6.45, 7) is 0.346. The first kappa shape index (κ1) is 11.5. The SMILES string of the molecule is NS(=O)(=O)NCCSc1ccccc1. The van der Waals surface area contributed by atoms with Gasteiger partial charge in [-0.1, -0.05) is 18.2 Å². The van der Waals surface area contributed by atoms with Gasteiger partial charge in [0.05, 0.1) is 0 Å². The highest BCUT2D eigenvalue weighted by Crippen LogP contribution is 2.15. The van der Waals surface area contributed by atoms with Gasteiger partial charge in [0.1, 0.15) is 0 Å². The molecule has 0 saturated carbocycles. The van der Waals surface area contributed by atoms with Gasteiger partial charge in [0, 0.05) is 17.2 Å². The van der Waals surface area contributed by atoms with E-state index in [2.05, 4.69) is 4.72 Å².